The van der Waals surface area contributed by atoms with Crippen molar-refractivity contribution in [3.63, 3.8) is 0 Å². The third kappa shape index (κ3) is 1.99. The van der Waals surface area contributed by atoms with E-state index in [2.05, 4.69) is 0 Å². The second-order valence-corrected chi connectivity index (χ2v) is 4.18. The van der Waals surface area contributed by atoms with Gasteiger partial charge in [-0.05, 0) is 24.5 Å². The van der Waals surface area contributed by atoms with Gasteiger partial charge >= 0.3 is 6.09 Å². The standard InChI is InChI=1S/C11H12ClNO3/c12-7-3-1-2-6-4-5-8(16-11(13)15)10(14)9(6)7/h1-3,8,10,14H,4-5H2,(H2,13,15)/t8-,10+/m0/s1. The number of halogens is 1. The van der Waals surface area contributed by atoms with Gasteiger partial charge < -0.3 is 15.6 Å². The van der Waals surface area contributed by atoms with Crippen LogP contribution in [0.2, 0.25) is 5.02 Å². The minimum absolute atomic E-state index is 0.489. The van der Waals surface area contributed by atoms with E-state index in [-0.39, 0.29) is 0 Å². The van der Waals surface area contributed by atoms with E-state index in [0.717, 1.165) is 5.56 Å². The summed E-state index contributed by atoms with van der Waals surface area (Å²) in [4.78, 5) is 10.7. The van der Waals surface area contributed by atoms with Crippen molar-refractivity contribution in [1.29, 1.82) is 0 Å². The van der Waals surface area contributed by atoms with Crippen LogP contribution in [-0.2, 0) is 11.2 Å². The molecule has 0 saturated heterocycles. The smallest absolute Gasteiger partial charge is 0.404 e. The van der Waals surface area contributed by atoms with E-state index in [4.69, 9.17) is 22.1 Å². The molecule has 1 aromatic rings. The minimum Gasteiger partial charge on any atom is -0.443 e. The number of aliphatic hydroxyl groups excluding tert-OH is 1. The Morgan fingerprint density at radius 2 is 2.31 bits per heavy atom. The summed E-state index contributed by atoms with van der Waals surface area (Å²) >= 11 is 6.01. The molecule has 0 aromatic heterocycles. The molecule has 0 spiro atoms. The molecule has 5 heteroatoms. The van der Waals surface area contributed by atoms with E-state index in [1.54, 1.807) is 6.07 Å². The van der Waals surface area contributed by atoms with E-state index < -0.39 is 18.3 Å². The van der Waals surface area contributed by atoms with Gasteiger partial charge in [-0.3, -0.25) is 0 Å². The van der Waals surface area contributed by atoms with Gasteiger partial charge in [0.05, 0.1) is 0 Å². The highest BCUT2D eigenvalue weighted by molar-refractivity contribution is 6.31. The topological polar surface area (TPSA) is 72.6 Å². The monoisotopic (exact) mass is 241 g/mol. The number of primary amides is 1. The molecule has 0 aliphatic heterocycles. The SMILES string of the molecule is NC(=O)O[C@H]1CCc2cccc(Cl)c2[C@@H]1O. The van der Waals surface area contributed by atoms with Crippen molar-refractivity contribution in [1.82, 2.24) is 0 Å². The molecule has 16 heavy (non-hydrogen) atoms. The Morgan fingerprint density at radius 1 is 1.56 bits per heavy atom. The second-order valence-electron chi connectivity index (χ2n) is 3.77. The summed E-state index contributed by atoms with van der Waals surface area (Å²) in [7, 11) is 0. The second kappa shape index (κ2) is 4.31. The molecule has 1 aliphatic carbocycles. The van der Waals surface area contributed by atoms with Crippen LogP contribution in [0.1, 0.15) is 23.7 Å². The highest BCUT2D eigenvalue weighted by Gasteiger charge is 2.31. The molecular weight excluding hydrogens is 230 g/mol. The lowest BCUT2D eigenvalue weighted by Gasteiger charge is -2.29. The minimum atomic E-state index is -0.898. The van der Waals surface area contributed by atoms with Crippen LogP contribution in [0.5, 0.6) is 0 Å². The van der Waals surface area contributed by atoms with Gasteiger partial charge in [0.25, 0.3) is 0 Å². The summed E-state index contributed by atoms with van der Waals surface area (Å²) in [6.45, 7) is 0. The molecule has 0 heterocycles. The molecule has 2 rings (SSSR count). The lowest BCUT2D eigenvalue weighted by atomic mass is 9.87. The third-order valence-corrected chi connectivity index (χ3v) is 3.09. The van der Waals surface area contributed by atoms with E-state index in [1.165, 1.54) is 0 Å². The predicted octanol–water partition coefficient (Wildman–Crippen LogP) is 1.78. The molecule has 0 bridgehead atoms. The molecule has 86 valence electrons. The Morgan fingerprint density at radius 3 is 3.00 bits per heavy atom. The normalized spacial score (nSPS) is 23.6. The van der Waals surface area contributed by atoms with E-state index in [0.29, 0.717) is 23.4 Å². The summed E-state index contributed by atoms with van der Waals surface area (Å²) in [6.07, 6.45) is -1.11. The van der Waals surface area contributed by atoms with Gasteiger partial charge in [-0.1, -0.05) is 23.7 Å². The lowest BCUT2D eigenvalue weighted by molar-refractivity contribution is -0.00515. The van der Waals surface area contributed by atoms with Crippen molar-refractivity contribution in [2.75, 3.05) is 0 Å². The summed E-state index contributed by atoms with van der Waals surface area (Å²) in [5, 5.41) is 10.5. The first-order valence-electron chi connectivity index (χ1n) is 5.01. The molecule has 1 aromatic carbocycles. The van der Waals surface area contributed by atoms with Gasteiger partial charge in [-0.2, -0.15) is 0 Å². The zero-order valence-corrected chi connectivity index (χ0v) is 9.28. The number of carbonyl (C=O) groups excluding carboxylic acids is 1. The van der Waals surface area contributed by atoms with Crippen LogP contribution in [0.15, 0.2) is 18.2 Å². The number of fused-ring (bicyclic) bond motifs is 1. The maximum absolute atomic E-state index is 10.7. The van der Waals surface area contributed by atoms with Crippen molar-refractivity contribution in [2.45, 2.75) is 25.0 Å². The molecule has 0 radical (unpaired) electrons. The number of hydrogen-bond donors (Lipinski definition) is 2. The lowest BCUT2D eigenvalue weighted by Crippen LogP contribution is -2.32. The van der Waals surface area contributed by atoms with E-state index in [9.17, 15) is 9.90 Å². The third-order valence-electron chi connectivity index (χ3n) is 2.76. The van der Waals surface area contributed by atoms with Crippen molar-refractivity contribution < 1.29 is 14.6 Å². The van der Waals surface area contributed by atoms with Crippen molar-refractivity contribution in [3.8, 4) is 0 Å². The van der Waals surface area contributed by atoms with Gasteiger partial charge in [0.15, 0.2) is 0 Å². The average molecular weight is 242 g/mol. The zero-order chi connectivity index (χ0) is 11.7. The Bertz CT molecular complexity index is 422. The number of carbonyl (C=O) groups is 1. The van der Waals surface area contributed by atoms with Gasteiger partial charge in [0.1, 0.15) is 12.2 Å². The van der Waals surface area contributed by atoms with Crippen molar-refractivity contribution in [2.24, 2.45) is 5.73 Å². The van der Waals surface area contributed by atoms with E-state index >= 15 is 0 Å². The number of amides is 1. The number of nitrogens with two attached hydrogens (primary N) is 1. The number of benzene rings is 1. The number of aliphatic hydroxyl groups is 1. The fourth-order valence-corrected chi connectivity index (χ4v) is 2.35. The molecular formula is C11H12ClNO3. The number of ether oxygens (including phenoxy) is 1. The number of aryl methyl sites for hydroxylation is 1. The summed E-state index contributed by atoms with van der Waals surface area (Å²) in [5.41, 5.74) is 6.57. The first-order chi connectivity index (χ1) is 7.59. The summed E-state index contributed by atoms with van der Waals surface area (Å²) < 4.78 is 4.85. The molecule has 4 nitrogen and oxygen atoms in total. The van der Waals surface area contributed by atoms with Crippen LogP contribution in [0, 0.1) is 0 Å². The highest BCUT2D eigenvalue weighted by Crippen LogP contribution is 2.36. The van der Waals surface area contributed by atoms with Crippen LogP contribution in [0.3, 0.4) is 0 Å². The fraction of sp³-hybridized carbons (Fsp3) is 0.364. The predicted molar refractivity (Wildman–Crippen MR) is 59.2 cm³/mol. The quantitative estimate of drug-likeness (QED) is 0.787. The first-order valence-corrected chi connectivity index (χ1v) is 5.39. The maximum atomic E-state index is 10.7. The molecule has 1 amide bonds. The molecule has 0 fully saturated rings. The number of rotatable bonds is 1. The molecule has 3 N–H and O–H groups in total. The Balaban J connectivity index is 2.30. The van der Waals surface area contributed by atoms with Gasteiger partial charge in [-0.25, -0.2) is 4.79 Å². The van der Waals surface area contributed by atoms with Gasteiger partial charge in [0, 0.05) is 10.6 Å². The van der Waals surface area contributed by atoms with Crippen molar-refractivity contribution >= 4 is 17.7 Å². The first kappa shape index (κ1) is 11.2. The number of hydrogen-bond acceptors (Lipinski definition) is 3. The van der Waals surface area contributed by atoms with Crippen molar-refractivity contribution in [3.05, 3.63) is 34.3 Å². The summed E-state index contributed by atoms with van der Waals surface area (Å²) in [6, 6.07) is 5.45. The van der Waals surface area contributed by atoms with Crippen LogP contribution >= 0.6 is 11.6 Å². The maximum Gasteiger partial charge on any atom is 0.404 e. The van der Waals surface area contributed by atoms with Gasteiger partial charge in [-0.15, -0.1) is 0 Å². The fourth-order valence-electron chi connectivity index (χ4n) is 2.05. The van der Waals surface area contributed by atoms with Crippen LogP contribution < -0.4 is 5.73 Å². The molecule has 0 saturated carbocycles. The Kier molecular flexibility index (Phi) is 3.03. The average Bonchev–Trinajstić information content (AvgIpc) is 2.22. The highest BCUT2D eigenvalue weighted by atomic mass is 35.5. The molecule has 2 atom stereocenters. The van der Waals surface area contributed by atoms with Crippen LogP contribution in [0.4, 0.5) is 4.79 Å². The largest absolute Gasteiger partial charge is 0.443 e. The molecule has 0 unspecified atom stereocenters. The zero-order valence-electron chi connectivity index (χ0n) is 8.52. The Hall–Kier alpha value is -1.26. The summed E-state index contributed by atoms with van der Waals surface area (Å²) in [5.74, 6) is 0. The van der Waals surface area contributed by atoms with Gasteiger partial charge in [0.2, 0.25) is 0 Å². The van der Waals surface area contributed by atoms with Crippen LogP contribution in [0.25, 0.3) is 0 Å². The van der Waals surface area contributed by atoms with Crippen LogP contribution in [-0.4, -0.2) is 17.3 Å². The molecule has 1 aliphatic rings. The van der Waals surface area contributed by atoms with E-state index in [1.807, 2.05) is 12.1 Å². The Labute approximate surface area is 98.0 Å².